The van der Waals surface area contributed by atoms with Crippen molar-refractivity contribution in [3.05, 3.63) is 68.6 Å². The van der Waals surface area contributed by atoms with E-state index in [9.17, 15) is 0 Å². The molecule has 0 aliphatic carbocycles. The molecule has 0 radical (unpaired) electrons. The Bertz CT molecular complexity index is 474. The summed E-state index contributed by atoms with van der Waals surface area (Å²) in [4.78, 5) is 0. The summed E-state index contributed by atoms with van der Waals surface area (Å²) in [6.45, 7) is 0. The standard InChI is InChI=1S/C17H18Br2S2/c18-16-6-2-14(3-7-16)12-20-10-1-11-21-13-15-4-8-17(19)9-5-15/h2-9H,1,10-13H2. The first kappa shape index (κ1) is 17.5. The third-order valence-electron chi connectivity index (χ3n) is 2.94. The quantitative estimate of drug-likeness (QED) is 0.411. The van der Waals surface area contributed by atoms with Crippen LogP contribution in [0.3, 0.4) is 0 Å². The molecular formula is C17H18Br2S2. The van der Waals surface area contributed by atoms with Gasteiger partial charge in [0.1, 0.15) is 0 Å². The van der Waals surface area contributed by atoms with Gasteiger partial charge in [-0.3, -0.25) is 0 Å². The van der Waals surface area contributed by atoms with E-state index < -0.39 is 0 Å². The molecule has 4 heteroatoms. The lowest BCUT2D eigenvalue weighted by Gasteiger charge is -2.04. The summed E-state index contributed by atoms with van der Waals surface area (Å²) in [7, 11) is 0. The summed E-state index contributed by atoms with van der Waals surface area (Å²) in [6, 6.07) is 17.2. The van der Waals surface area contributed by atoms with Crippen LogP contribution in [0.2, 0.25) is 0 Å². The van der Waals surface area contributed by atoms with Gasteiger partial charge in [-0.1, -0.05) is 56.1 Å². The highest BCUT2D eigenvalue weighted by molar-refractivity contribution is 9.10. The Kier molecular flexibility index (Phi) is 8.30. The summed E-state index contributed by atoms with van der Waals surface area (Å²) < 4.78 is 2.31. The second-order valence-corrected chi connectivity index (χ2v) is 8.75. The molecule has 0 aliphatic heterocycles. The van der Waals surface area contributed by atoms with E-state index in [4.69, 9.17) is 0 Å². The van der Waals surface area contributed by atoms with E-state index in [0.29, 0.717) is 0 Å². The Hall–Kier alpha value is 0.1000. The lowest BCUT2D eigenvalue weighted by Crippen LogP contribution is -1.88. The fourth-order valence-corrected chi connectivity index (χ4v) is 4.36. The molecule has 2 rings (SSSR count). The fourth-order valence-electron chi connectivity index (χ4n) is 1.80. The third kappa shape index (κ3) is 7.27. The zero-order valence-corrected chi connectivity index (χ0v) is 16.5. The number of halogens is 2. The topological polar surface area (TPSA) is 0 Å². The zero-order valence-electron chi connectivity index (χ0n) is 11.7. The molecule has 0 aliphatic rings. The van der Waals surface area contributed by atoms with Crippen LogP contribution in [0.15, 0.2) is 57.5 Å². The van der Waals surface area contributed by atoms with Crippen molar-refractivity contribution < 1.29 is 0 Å². The number of benzene rings is 2. The van der Waals surface area contributed by atoms with Crippen LogP contribution >= 0.6 is 55.4 Å². The molecular weight excluding hydrogens is 428 g/mol. The Balaban J connectivity index is 1.52. The first-order chi connectivity index (χ1) is 10.2. The molecule has 2 aromatic carbocycles. The summed E-state index contributed by atoms with van der Waals surface area (Å²) in [5.74, 6) is 4.71. The average molecular weight is 446 g/mol. The van der Waals surface area contributed by atoms with E-state index in [1.54, 1.807) is 0 Å². The number of hydrogen-bond donors (Lipinski definition) is 0. The maximum atomic E-state index is 3.47. The molecule has 21 heavy (non-hydrogen) atoms. The summed E-state index contributed by atoms with van der Waals surface area (Å²) in [5.41, 5.74) is 2.82. The molecule has 0 atom stereocenters. The minimum Gasteiger partial charge on any atom is -0.157 e. The molecule has 0 unspecified atom stereocenters. The lowest BCUT2D eigenvalue weighted by molar-refractivity contribution is 1.12. The Morgan fingerprint density at radius 1 is 0.619 bits per heavy atom. The highest BCUT2D eigenvalue weighted by Crippen LogP contribution is 2.19. The van der Waals surface area contributed by atoms with Crippen molar-refractivity contribution in [1.29, 1.82) is 0 Å². The van der Waals surface area contributed by atoms with E-state index >= 15 is 0 Å². The largest absolute Gasteiger partial charge is 0.157 e. The number of rotatable bonds is 8. The molecule has 0 aromatic heterocycles. The van der Waals surface area contributed by atoms with Gasteiger partial charge in [0.25, 0.3) is 0 Å². The predicted molar refractivity (Wildman–Crippen MR) is 105 cm³/mol. The molecule has 0 amide bonds. The molecule has 0 nitrogen and oxygen atoms in total. The Morgan fingerprint density at radius 3 is 1.38 bits per heavy atom. The van der Waals surface area contributed by atoms with Gasteiger partial charge in [0.2, 0.25) is 0 Å². The summed E-state index contributed by atoms with van der Waals surface area (Å²) >= 11 is 11.0. The van der Waals surface area contributed by atoms with Gasteiger partial charge >= 0.3 is 0 Å². The molecule has 0 saturated carbocycles. The molecule has 0 heterocycles. The number of hydrogen-bond acceptors (Lipinski definition) is 2. The van der Waals surface area contributed by atoms with E-state index in [-0.39, 0.29) is 0 Å². The van der Waals surface area contributed by atoms with Crippen LogP contribution in [-0.4, -0.2) is 11.5 Å². The first-order valence-electron chi connectivity index (χ1n) is 6.88. The zero-order chi connectivity index (χ0) is 14.9. The molecule has 0 saturated heterocycles. The SMILES string of the molecule is Brc1ccc(CSCCCSCc2ccc(Br)cc2)cc1. The van der Waals surface area contributed by atoms with Crippen LogP contribution in [-0.2, 0) is 11.5 Å². The van der Waals surface area contributed by atoms with E-state index in [0.717, 1.165) is 20.5 Å². The van der Waals surface area contributed by atoms with Gasteiger partial charge < -0.3 is 0 Å². The molecule has 0 bridgehead atoms. The van der Waals surface area contributed by atoms with Gasteiger partial charge in [-0.2, -0.15) is 23.5 Å². The number of thioether (sulfide) groups is 2. The van der Waals surface area contributed by atoms with E-state index in [2.05, 4.69) is 80.4 Å². The van der Waals surface area contributed by atoms with Gasteiger partial charge in [-0.05, 0) is 53.3 Å². The normalized spacial score (nSPS) is 10.8. The van der Waals surface area contributed by atoms with Crippen molar-refractivity contribution in [3.8, 4) is 0 Å². The van der Waals surface area contributed by atoms with E-state index in [1.807, 2.05) is 23.5 Å². The van der Waals surface area contributed by atoms with Crippen LogP contribution in [0.5, 0.6) is 0 Å². The van der Waals surface area contributed by atoms with Crippen LogP contribution in [0, 0.1) is 0 Å². The van der Waals surface area contributed by atoms with Gasteiger partial charge in [-0.25, -0.2) is 0 Å². The second kappa shape index (κ2) is 9.98. The van der Waals surface area contributed by atoms with Crippen molar-refractivity contribution in [2.24, 2.45) is 0 Å². The van der Waals surface area contributed by atoms with Gasteiger partial charge in [0, 0.05) is 20.5 Å². The maximum Gasteiger partial charge on any atom is 0.0184 e. The van der Waals surface area contributed by atoms with Crippen LogP contribution in [0.1, 0.15) is 17.5 Å². The Morgan fingerprint density at radius 2 is 1.00 bits per heavy atom. The highest BCUT2D eigenvalue weighted by Gasteiger charge is 1.96. The van der Waals surface area contributed by atoms with E-state index in [1.165, 1.54) is 29.1 Å². The van der Waals surface area contributed by atoms with Crippen molar-refractivity contribution in [1.82, 2.24) is 0 Å². The molecule has 0 N–H and O–H groups in total. The van der Waals surface area contributed by atoms with Crippen LogP contribution < -0.4 is 0 Å². The third-order valence-corrected chi connectivity index (χ3v) is 6.23. The minimum absolute atomic E-state index is 1.12. The summed E-state index contributed by atoms with van der Waals surface area (Å²) in [5, 5.41) is 0. The monoisotopic (exact) mass is 444 g/mol. The van der Waals surface area contributed by atoms with Crippen molar-refractivity contribution in [2.45, 2.75) is 17.9 Å². The van der Waals surface area contributed by atoms with Crippen LogP contribution in [0.25, 0.3) is 0 Å². The molecule has 0 spiro atoms. The van der Waals surface area contributed by atoms with Crippen molar-refractivity contribution >= 4 is 55.4 Å². The highest BCUT2D eigenvalue weighted by atomic mass is 79.9. The van der Waals surface area contributed by atoms with Crippen molar-refractivity contribution in [2.75, 3.05) is 11.5 Å². The Labute approximate surface area is 152 Å². The smallest absolute Gasteiger partial charge is 0.0184 e. The lowest BCUT2D eigenvalue weighted by atomic mass is 10.2. The fraction of sp³-hybridized carbons (Fsp3) is 0.294. The van der Waals surface area contributed by atoms with Gasteiger partial charge in [0.05, 0.1) is 0 Å². The predicted octanol–water partition coefficient (Wildman–Crippen LogP) is 6.77. The average Bonchev–Trinajstić information content (AvgIpc) is 2.50. The molecule has 112 valence electrons. The molecule has 0 fully saturated rings. The summed E-state index contributed by atoms with van der Waals surface area (Å²) in [6.07, 6.45) is 1.28. The minimum atomic E-state index is 1.12. The van der Waals surface area contributed by atoms with Gasteiger partial charge in [-0.15, -0.1) is 0 Å². The van der Waals surface area contributed by atoms with Crippen LogP contribution in [0.4, 0.5) is 0 Å². The molecule has 2 aromatic rings. The second-order valence-electron chi connectivity index (χ2n) is 4.71. The van der Waals surface area contributed by atoms with Crippen molar-refractivity contribution in [3.63, 3.8) is 0 Å². The maximum absolute atomic E-state index is 3.47. The van der Waals surface area contributed by atoms with Gasteiger partial charge in [0.15, 0.2) is 0 Å². The first-order valence-corrected chi connectivity index (χ1v) is 10.8.